The Morgan fingerprint density at radius 2 is 1.79 bits per heavy atom. The first kappa shape index (κ1) is 19.6. The normalized spacial score (nSPS) is 19.6. The molecular weight excluding hydrogens is 352 g/mol. The highest BCUT2D eigenvalue weighted by molar-refractivity contribution is 6.45. The predicted octanol–water partition coefficient (Wildman–Crippen LogP) is 2.32. The van der Waals surface area contributed by atoms with Crippen LogP contribution in [0.4, 0.5) is 0 Å². The third-order valence-electron chi connectivity index (χ3n) is 6.10. The maximum Gasteiger partial charge on any atom is 0.376 e. The van der Waals surface area contributed by atoms with Gasteiger partial charge in [-0.2, -0.15) is 0 Å². The van der Waals surface area contributed by atoms with Crippen molar-refractivity contribution in [2.75, 3.05) is 26.2 Å². The van der Waals surface area contributed by atoms with E-state index >= 15 is 0 Å². The number of rotatable bonds is 5. The van der Waals surface area contributed by atoms with Crippen molar-refractivity contribution in [3.8, 4) is 5.75 Å². The Morgan fingerprint density at radius 3 is 2.43 bits per heavy atom. The van der Waals surface area contributed by atoms with Gasteiger partial charge in [0.15, 0.2) is 0 Å². The molecule has 3 heterocycles. The van der Waals surface area contributed by atoms with Crippen LogP contribution in [0.2, 0.25) is 13.6 Å². The molecule has 0 spiro atoms. The van der Waals surface area contributed by atoms with Gasteiger partial charge in [0.2, 0.25) is 0 Å². The van der Waals surface area contributed by atoms with Crippen molar-refractivity contribution >= 4 is 30.6 Å². The molecule has 8 heteroatoms. The highest BCUT2D eigenvalue weighted by Crippen LogP contribution is 2.35. The molecule has 0 saturated carbocycles. The van der Waals surface area contributed by atoms with Crippen molar-refractivity contribution < 1.29 is 14.8 Å². The zero-order valence-electron chi connectivity index (χ0n) is 16.8. The Kier molecular flexibility index (Phi) is 5.83. The molecule has 1 aromatic heterocycles. The first-order valence-electron chi connectivity index (χ1n) is 10.3. The SMILES string of the molecule is CB(O)N1CC=C(c2ccc(OC3CCN(B(C)O)CC3)c3[nH]ccc23)CC1. The lowest BCUT2D eigenvalue weighted by Gasteiger charge is -2.32. The van der Waals surface area contributed by atoms with E-state index in [2.05, 4.69) is 38.9 Å². The summed E-state index contributed by atoms with van der Waals surface area (Å²) in [7, 11) is -0.787. The summed E-state index contributed by atoms with van der Waals surface area (Å²) < 4.78 is 6.35. The highest BCUT2D eigenvalue weighted by atomic mass is 16.5. The summed E-state index contributed by atoms with van der Waals surface area (Å²) in [5.41, 5.74) is 3.63. The molecule has 2 aliphatic heterocycles. The van der Waals surface area contributed by atoms with E-state index in [1.165, 1.54) is 16.5 Å². The summed E-state index contributed by atoms with van der Waals surface area (Å²) in [6.45, 7) is 7.01. The van der Waals surface area contributed by atoms with Crippen molar-refractivity contribution in [2.24, 2.45) is 0 Å². The van der Waals surface area contributed by atoms with Gasteiger partial charge in [-0.05, 0) is 75.8 Å². The van der Waals surface area contributed by atoms with E-state index in [0.29, 0.717) is 0 Å². The smallest absolute Gasteiger partial charge is 0.376 e. The minimum atomic E-state index is -0.402. The van der Waals surface area contributed by atoms with Gasteiger partial charge in [0, 0.05) is 18.1 Å². The van der Waals surface area contributed by atoms with E-state index in [4.69, 9.17) is 4.74 Å². The summed E-state index contributed by atoms with van der Waals surface area (Å²) in [5.74, 6) is 0.904. The van der Waals surface area contributed by atoms with Crippen LogP contribution in [-0.4, -0.2) is 71.0 Å². The maximum atomic E-state index is 9.77. The minimum absolute atomic E-state index is 0.181. The number of fused-ring (bicyclic) bond motifs is 1. The lowest BCUT2D eigenvalue weighted by atomic mass is 9.82. The molecule has 148 valence electrons. The topological polar surface area (TPSA) is 72.0 Å². The fourth-order valence-electron chi connectivity index (χ4n) is 4.32. The van der Waals surface area contributed by atoms with Crippen molar-refractivity contribution in [3.05, 3.63) is 36.0 Å². The van der Waals surface area contributed by atoms with Crippen LogP contribution in [0.15, 0.2) is 30.5 Å². The molecule has 0 radical (unpaired) electrons. The number of nitrogens with one attached hydrogen (secondary N) is 1. The van der Waals surface area contributed by atoms with Gasteiger partial charge >= 0.3 is 14.1 Å². The van der Waals surface area contributed by atoms with Crippen LogP contribution in [0.25, 0.3) is 16.5 Å². The lowest BCUT2D eigenvalue weighted by molar-refractivity contribution is 0.130. The van der Waals surface area contributed by atoms with Crippen LogP contribution >= 0.6 is 0 Å². The van der Waals surface area contributed by atoms with E-state index in [-0.39, 0.29) is 13.2 Å². The van der Waals surface area contributed by atoms with E-state index in [1.807, 2.05) is 19.8 Å². The fraction of sp³-hybridized carbons (Fsp3) is 0.500. The molecule has 6 nitrogen and oxygen atoms in total. The first-order valence-corrected chi connectivity index (χ1v) is 10.3. The van der Waals surface area contributed by atoms with Crippen molar-refractivity contribution in [3.63, 3.8) is 0 Å². The molecule has 0 aliphatic carbocycles. The number of hydrogen-bond acceptors (Lipinski definition) is 5. The van der Waals surface area contributed by atoms with Gasteiger partial charge in [0.1, 0.15) is 11.9 Å². The number of piperidine rings is 1. The number of hydrogen-bond donors (Lipinski definition) is 3. The number of aromatic amines is 1. The Bertz CT molecular complexity index is 844. The van der Waals surface area contributed by atoms with Gasteiger partial charge < -0.3 is 29.4 Å². The van der Waals surface area contributed by atoms with Gasteiger partial charge in [-0.3, -0.25) is 0 Å². The monoisotopic (exact) mass is 381 g/mol. The van der Waals surface area contributed by atoms with Gasteiger partial charge in [0.05, 0.1) is 5.52 Å². The quantitative estimate of drug-likeness (QED) is 0.694. The Morgan fingerprint density at radius 1 is 1.04 bits per heavy atom. The molecular formula is C20H29B2N3O3. The minimum Gasteiger partial charge on any atom is -0.488 e. The third kappa shape index (κ3) is 4.01. The first-order chi connectivity index (χ1) is 13.5. The van der Waals surface area contributed by atoms with E-state index in [9.17, 15) is 10.0 Å². The van der Waals surface area contributed by atoms with E-state index in [1.54, 1.807) is 0 Å². The average Bonchev–Trinajstić information content (AvgIpc) is 3.19. The summed E-state index contributed by atoms with van der Waals surface area (Å²) in [6, 6.07) is 6.37. The Balaban J connectivity index is 1.51. The molecule has 0 amide bonds. The summed E-state index contributed by atoms with van der Waals surface area (Å²) >= 11 is 0. The molecule has 0 bridgehead atoms. The van der Waals surface area contributed by atoms with Crippen LogP contribution in [0.5, 0.6) is 5.75 Å². The van der Waals surface area contributed by atoms with Crippen molar-refractivity contribution in [2.45, 2.75) is 39.0 Å². The van der Waals surface area contributed by atoms with Gasteiger partial charge in [-0.15, -0.1) is 0 Å². The van der Waals surface area contributed by atoms with Crippen LogP contribution < -0.4 is 4.74 Å². The van der Waals surface area contributed by atoms with Crippen LogP contribution in [0.1, 0.15) is 24.8 Å². The summed E-state index contributed by atoms with van der Waals surface area (Å²) in [6.07, 6.45) is 7.17. The zero-order valence-corrected chi connectivity index (χ0v) is 16.8. The van der Waals surface area contributed by atoms with E-state index < -0.39 is 7.05 Å². The average molecular weight is 381 g/mol. The highest BCUT2D eigenvalue weighted by Gasteiger charge is 2.26. The fourth-order valence-corrected chi connectivity index (χ4v) is 4.32. The third-order valence-corrected chi connectivity index (χ3v) is 6.10. The standard InChI is InChI=1S/C20H29B2N3O3/c1-21(26)24-11-6-15(7-12-24)17-3-4-19(20-18(17)5-10-23-20)28-16-8-13-25(14-9-16)22(2)27/h3-6,10,16,23,26-27H,7-9,11-14H2,1-2H3. The second-order valence-electron chi connectivity index (χ2n) is 7.97. The van der Waals surface area contributed by atoms with Crippen molar-refractivity contribution in [1.29, 1.82) is 0 Å². The van der Waals surface area contributed by atoms with Crippen LogP contribution in [-0.2, 0) is 0 Å². The van der Waals surface area contributed by atoms with Gasteiger partial charge in [-0.25, -0.2) is 0 Å². The number of ether oxygens (including phenoxy) is 1. The largest absolute Gasteiger partial charge is 0.488 e. The summed E-state index contributed by atoms with van der Waals surface area (Å²) in [5, 5.41) is 20.7. The molecule has 0 atom stereocenters. The molecule has 1 aromatic carbocycles. The molecule has 4 rings (SSSR count). The number of H-pyrrole nitrogens is 1. The number of aromatic nitrogens is 1. The molecule has 3 N–H and O–H groups in total. The molecule has 28 heavy (non-hydrogen) atoms. The maximum absolute atomic E-state index is 9.77. The summed E-state index contributed by atoms with van der Waals surface area (Å²) in [4.78, 5) is 7.51. The van der Waals surface area contributed by atoms with Gasteiger partial charge in [0.25, 0.3) is 0 Å². The zero-order chi connectivity index (χ0) is 19.7. The molecule has 2 aromatic rings. The molecule has 1 saturated heterocycles. The Hall–Kier alpha value is -1.73. The van der Waals surface area contributed by atoms with E-state index in [0.717, 1.165) is 56.7 Å². The molecule has 0 unspecified atom stereocenters. The Labute approximate surface area is 167 Å². The van der Waals surface area contributed by atoms with Crippen LogP contribution in [0, 0.1) is 0 Å². The lowest BCUT2D eigenvalue weighted by Crippen LogP contribution is -2.45. The van der Waals surface area contributed by atoms with Crippen LogP contribution in [0.3, 0.4) is 0 Å². The second kappa shape index (κ2) is 8.33. The predicted molar refractivity (Wildman–Crippen MR) is 115 cm³/mol. The van der Waals surface area contributed by atoms with Crippen molar-refractivity contribution in [1.82, 2.24) is 14.6 Å². The number of benzene rings is 1. The van der Waals surface area contributed by atoms with Gasteiger partial charge in [-0.1, -0.05) is 12.1 Å². The molecule has 1 fully saturated rings. The second-order valence-corrected chi connectivity index (χ2v) is 7.97. The molecule has 2 aliphatic rings. The number of nitrogens with zero attached hydrogens (tertiary/aromatic N) is 2.